The SMILES string of the molecule is CCCNC(c1ccc(C)c(OC)c1)c1cnnn1C. The number of hydrogen-bond donors (Lipinski definition) is 1. The van der Waals surface area contributed by atoms with Gasteiger partial charge in [-0.15, -0.1) is 5.10 Å². The highest BCUT2D eigenvalue weighted by atomic mass is 16.5. The molecule has 1 N–H and O–H groups in total. The number of rotatable bonds is 6. The molecule has 5 nitrogen and oxygen atoms in total. The van der Waals surface area contributed by atoms with Gasteiger partial charge in [-0.05, 0) is 37.1 Å². The van der Waals surface area contributed by atoms with Gasteiger partial charge in [0.05, 0.1) is 25.0 Å². The van der Waals surface area contributed by atoms with Gasteiger partial charge < -0.3 is 10.1 Å². The van der Waals surface area contributed by atoms with Crippen LogP contribution in [0.3, 0.4) is 0 Å². The molecular weight excluding hydrogens is 252 g/mol. The molecule has 1 aromatic carbocycles. The lowest BCUT2D eigenvalue weighted by molar-refractivity contribution is 0.410. The first-order chi connectivity index (χ1) is 9.67. The lowest BCUT2D eigenvalue weighted by Crippen LogP contribution is -2.25. The zero-order valence-electron chi connectivity index (χ0n) is 12.6. The molecule has 0 fully saturated rings. The highest BCUT2D eigenvalue weighted by molar-refractivity contribution is 5.40. The number of nitrogens with zero attached hydrogens (tertiary/aromatic N) is 3. The van der Waals surface area contributed by atoms with Crippen LogP contribution in [0.4, 0.5) is 0 Å². The molecule has 0 amide bonds. The second kappa shape index (κ2) is 6.52. The number of nitrogens with one attached hydrogen (secondary N) is 1. The zero-order valence-corrected chi connectivity index (χ0v) is 12.6. The zero-order chi connectivity index (χ0) is 14.5. The van der Waals surface area contributed by atoms with Crippen molar-refractivity contribution in [3.8, 4) is 5.75 Å². The van der Waals surface area contributed by atoms with Gasteiger partial charge in [-0.2, -0.15) is 0 Å². The molecule has 108 valence electrons. The second-order valence-electron chi connectivity index (χ2n) is 4.90. The summed E-state index contributed by atoms with van der Waals surface area (Å²) < 4.78 is 7.23. The van der Waals surface area contributed by atoms with E-state index in [1.165, 1.54) is 0 Å². The van der Waals surface area contributed by atoms with Crippen LogP contribution in [0.1, 0.15) is 36.2 Å². The van der Waals surface area contributed by atoms with Crippen LogP contribution in [0.2, 0.25) is 0 Å². The highest BCUT2D eigenvalue weighted by Gasteiger charge is 2.18. The Morgan fingerprint density at radius 2 is 2.20 bits per heavy atom. The van der Waals surface area contributed by atoms with Crippen LogP contribution in [-0.2, 0) is 7.05 Å². The molecule has 0 aliphatic rings. The van der Waals surface area contributed by atoms with Crippen molar-refractivity contribution in [2.24, 2.45) is 7.05 Å². The molecular formula is C15H22N4O. The molecule has 5 heteroatoms. The summed E-state index contributed by atoms with van der Waals surface area (Å²) in [5, 5.41) is 11.5. The largest absolute Gasteiger partial charge is 0.496 e. The van der Waals surface area contributed by atoms with E-state index in [2.05, 4.69) is 40.8 Å². The molecule has 0 saturated heterocycles. The van der Waals surface area contributed by atoms with Crippen molar-refractivity contribution < 1.29 is 4.74 Å². The van der Waals surface area contributed by atoms with Crippen LogP contribution in [-0.4, -0.2) is 28.6 Å². The predicted molar refractivity (Wildman–Crippen MR) is 78.9 cm³/mol. The lowest BCUT2D eigenvalue weighted by atomic mass is 10.0. The van der Waals surface area contributed by atoms with Gasteiger partial charge in [-0.25, -0.2) is 0 Å². The van der Waals surface area contributed by atoms with Crippen LogP contribution in [0.15, 0.2) is 24.4 Å². The van der Waals surface area contributed by atoms with Crippen LogP contribution in [0.5, 0.6) is 5.75 Å². The third-order valence-electron chi connectivity index (χ3n) is 3.41. The van der Waals surface area contributed by atoms with E-state index in [1.807, 2.05) is 14.0 Å². The Morgan fingerprint density at radius 1 is 1.40 bits per heavy atom. The molecule has 0 saturated carbocycles. The minimum atomic E-state index is 0.0736. The highest BCUT2D eigenvalue weighted by Crippen LogP contribution is 2.26. The fraction of sp³-hybridized carbons (Fsp3) is 0.467. The van der Waals surface area contributed by atoms with Crippen molar-refractivity contribution in [3.05, 3.63) is 41.2 Å². The Labute approximate surface area is 120 Å². The first-order valence-corrected chi connectivity index (χ1v) is 6.89. The van der Waals surface area contributed by atoms with Crippen molar-refractivity contribution in [2.45, 2.75) is 26.3 Å². The third-order valence-corrected chi connectivity index (χ3v) is 3.41. The smallest absolute Gasteiger partial charge is 0.122 e. The van der Waals surface area contributed by atoms with E-state index in [9.17, 15) is 0 Å². The fourth-order valence-corrected chi connectivity index (χ4v) is 2.26. The Morgan fingerprint density at radius 3 is 2.80 bits per heavy atom. The maximum atomic E-state index is 5.42. The maximum Gasteiger partial charge on any atom is 0.122 e. The van der Waals surface area contributed by atoms with E-state index in [-0.39, 0.29) is 6.04 Å². The molecule has 0 aliphatic carbocycles. The summed E-state index contributed by atoms with van der Waals surface area (Å²) in [4.78, 5) is 0. The van der Waals surface area contributed by atoms with E-state index in [0.29, 0.717) is 0 Å². The number of hydrogen-bond acceptors (Lipinski definition) is 4. The van der Waals surface area contributed by atoms with Gasteiger partial charge in [-0.3, -0.25) is 4.68 Å². The summed E-state index contributed by atoms with van der Waals surface area (Å²) in [5.74, 6) is 0.904. The Bertz CT molecular complexity index is 565. The molecule has 0 spiro atoms. The summed E-state index contributed by atoms with van der Waals surface area (Å²) in [6.07, 6.45) is 2.88. The van der Waals surface area contributed by atoms with Gasteiger partial charge in [0.25, 0.3) is 0 Å². The van der Waals surface area contributed by atoms with E-state index in [0.717, 1.165) is 35.5 Å². The molecule has 0 bridgehead atoms. The molecule has 2 aromatic rings. The van der Waals surface area contributed by atoms with Gasteiger partial charge in [0, 0.05) is 7.05 Å². The van der Waals surface area contributed by atoms with Gasteiger partial charge in [-0.1, -0.05) is 24.3 Å². The minimum absolute atomic E-state index is 0.0736. The number of aromatic nitrogens is 3. The average molecular weight is 274 g/mol. The van der Waals surface area contributed by atoms with Gasteiger partial charge in [0.2, 0.25) is 0 Å². The quantitative estimate of drug-likeness (QED) is 0.877. The standard InChI is InChI=1S/C15H22N4O/c1-5-8-16-15(13-10-17-18-19(13)3)12-7-6-11(2)14(9-12)20-4/h6-7,9-10,15-16H,5,8H2,1-4H3. The predicted octanol–water partition coefficient (Wildman–Crippen LogP) is 2.22. The summed E-state index contributed by atoms with van der Waals surface area (Å²) in [5.41, 5.74) is 3.34. The Balaban J connectivity index is 2.38. The van der Waals surface area contributed by atoms with Gasteiger partial charge >= 0.3 is 0 Å². The van der Waals surface area contributed by atoms with Crippen LogP contribution >= 0.6 is 0 Å². The molecule has 1 atom stereocenters. The number of ether oxygens (including phenoxy) is 1. The number of methoxy groups -OCH3 is 1. The Kier molecular flexibility index (Phi) is 4.74. The summed E-state index contributed by atoms with van der Waals surface area (Å²) in [6, 6.07) is 6.36. The first-order valence-electron chi connectivity index (χ1n) is 6.89. The average Bonchev–Trinajstić information content (AvgIpc) is 2.87. The second-order valence-corrected chi connectivity index (χ2v) is 4.90. The first kappa shape index (κ1) is 14.5. The molecule has 1 unspecified atom stereocenters. The summed E-state index contributed by atoms with van der Waals surface area (Å²) in [7, 11) is 3.61. The fourth-order valence-electron chi connectivity index (χ4n) is 2.26. The molecule has 0 radical (unpaired) electrons. The monoisotopic (exact) mass is 274 g/mol. The summed E-state index contributed by atoms with van der Waals surface area (Å²) in [6.45, 7) is 5.13. The van der Waals surface area contributed by atoms with Crippen molar-refractivity contribution in [2.75, 3.05) is 13.7 Å². The van der Waals surface area contributed by atoms with Crippen molar-refractivity contribution >= 4 is 0 Å². The topological polar surface area (TPSA) is 52.0 Å². The number of aryl methyl sites for hydroxylation is 2. The van der Waals surface area contributed by atoms with E-state index >= 15 is 0 Å². The van der Waals surface area contributed by atoms with Gasteiger partial charge in [0.1, 0.15) is 5.75 Å². The molecule has 1 aromatic heterocycles. The lowest BCUT2D eigenvalue weighted by Gasteiger charge is -2.20. The van der Waals surface area contributed by atoms with Crippen molar-refractivity contribution in [3.63, 3.8) is 0 Å². The maximum absolute atomic E-state index is 5.42. The van der Waals surface area contributed by atoms with Gasteiger partial charge in [0.15, 0.2) is 0 Å². The minimum Gasteiger partial charge on any atom is -0.496 e. The number of benzene rings is 1. The van der Waals surface area contributed by atoms with Crippen LogP contribution in [0.25, 0.3) is 0 Å². The Hall–Kier alpha value is -1.88. The molecule has 1 heterocycles. The molecule has 2 rings (SSSR count). The van der Waals surface area contributed by atoms with E-state index in [1.54, 1.807) is 18.0 Å². The van der Waals surface area contributed by atoms with E-state index < -0.39 is 0 Å². The normalized spacial score (nSPS) is 12.4. The molecule has 0 aliphatic heterocycles. The van der Waals surface area contributed by atoms with Crippen molar-refractivity contribution in [1.29, 1.82) is 0 Å². The molecule has 20 heavy (non-hydrogen) atoms. The van der Waals surface area contributed by atoms with Crippen molar-refractivity contribution in [1.82, 2.24) is 20.3 Å². The third kappa shape index (κ3) is 2.99. The van der Waals surface area contributed by atoms with Crippen LogP contribution in [0, 0.1) is 6.92 Å². The van der Waals surface area contributed by atoms with Crippen LogP contribution < -0.4 is 10.1 Å². The summed E-state index contributed by atoms with van der Waals surface area (Å²) >= 11 is 0. The van der Waals surface area contributed by atoms with E-state index in [4.69, 9.17) is 4.74 Å².